The van der Waals surface area contributed by atoms with E-state index in [1.165, 1.54) is 0 Å². The molecule has 0 atom stereocenters. The molecule has 1 heterocycles. The molecule has 3 N–H and O–H groups in total. The summed E-state index contributed by atoms with van der Waals surface area (Å²) >= 11 is 0. The second kappa shape index (κ2) is 6.51. The highest BCUT2D eigenvalue weighted by atomic mass is 16.5. The zero-order valence-electron chi connectivity index (χ0n) is 11.3. The number of carbonyl (C=O) groups excluding carboxylic acids is 1. The summed E-state index contributed by atoms with van der Waals surface area (Å²) in [6.07, 6.45) is -0.167. The number of nitrogens with zero attached hydrogens (tertiary/aromatic N) is 2. The van der Waals surface area contributed by atoms with Crippen molar-refractivity contribution in [1.29, 1.82) is 0 Å². The smallest absolute Gasteiger partial charge is 0.319 e. The summed E-state index contributed by atoms with van der Waals surface area (Å²) in [6.45, 7) is 1.77. The van der Waals surface area contributed by atoms with Crippen LogP contribution in [-0.2, 0) is 17.8 Å². The van der Waals surface area contributed by atoms with E-state index in [4.69, 9.17) is 9.63 Å². The fourth-order valence-electron chi connectivity index (χ4n) is 1.69. The number of aryl methyl sites for hydroxylation is 1. The van der Waals surface area contributed by atoms with Gasteiger partial charge in [-0.3, -0.25) is 4.79 Å². The molecule has 0 fully saturated rings. The van der Waals surface area contributed by atoms with Crippen molar-refractivity contribution in [2.45, 2.75) is 19.9 Å². The highest BCUT2D eigenvalue weighted by Gasteiger charge is 2.10. The van der Waals surface area contributed by atoms with Crippen molar-refractivity contribution in [3.8, 4) is 0 Å². The molecule has 2 aromatic rings. The average molecular weight is 290 g/mol. The molecule has 0 saturated carbocycles. The molecule has 0 aliphatic rings. The fraction of sp³-hybridized carbons (Fsp3) is 0.231. The molecule has 2 amide bonds. The van der Waals surface area contributed by atoms with E-state index in [0.717, 1.165) is 0 Å². The lowest BCUT2D eigenvalue weighted by molar-refractivity contribution is -0.136. The molecule has 0 aliphatic carbocycles. The van der Waals surface area contributed by atoms with Gasteiger partial charge in [0.1, 0.15) is 0 Å². The number of aliphatic carboxylic acids is 1. The fourth-order valence-corrected chi connectivity index (χ4v) is 1.69. The molecule has 1 aromatic carbocycles. The molecule has 1 aromatic heterocycles. The number of hydrogen-bond donors (Lipinski definition) is 3. The van der Waals surface area contributed by atoms with Crippen molar-refractivity contribution in [3.63, 3.8) is 0 Å². The minimum Gasteiger partial charge on any atom is -0.481 e. The van der Waals surface area contributed by atoms with Crippen molar-refractivity contribution in [3.05, 3.63) is 41.5 Å². The van der Waals surface area contributed by atoms with E-state index in [1.54, 1.807) is 31.2 Å². The van der Waals surface area contributed by atoms with E-state index in [2.05, 4.69) is 20.8 Å². The van der Waals surface area contributed by atoms with Crippen LogP contribution in [-0.4, -0.2) is 27.2 Å². The van der Waals surface area contributed by atoms with Gasteiger partial charge in [-0.1, -0.05) is 23.4 Å². The zero-order chi connectivity index (χ0) is 15.2. The molecule has 2 rings (SSSR count). The van der Waals surface area contributed by atoms with E-state index < -0.39 is 12.0 Å². The summed E-state index contributed by atoms with van der Waals surface area (Å²) in [5.41, 5.74) is 0.966. The zero-order valence-corrected chi connectivity index (χ0v) is 11.3. The molecule has 0 saturated heterocycles. The quantitative estimate of drug-likeness (QED) is 0.764. The van der Waals surface area contributed by atoms with Gasteiger partial charge in [0.25, 0.3) is 0 Å². The van der Waals surface area contributed by atoms with Gasteiger partial charge in [0.15, 0.2) is 5.82 Å². The van der Waals surface area contributed by atoms with Crippen LogP contribution in [0.3, 0.4) is 0 Å². The third-order valence-corrected chi connectivity index (χ3v) is 2.58. The van der Waals surface area contributed by atoms with Crippen LogP contribution in [0.15, 0.2) is 28.8 Å². The number of anilines is 1. The predicted molar refractivity (Wildman–Crippen MR) is 72.7 cm³/mol. The number of hydrogen-bond acceptors (Lipinski definition) is 5. The topological polar surface area (TPSA) is 117 Å². The Kier molecular flexibility index (Phi) is 4.50. The monoisotopic (exact) mass is 290 g/mol. The predicted octanol–water partition coefficient (Wildman–Crippen LogP) is 1.33. The maximum atomic E-state index is 11.8. The van der Waals surface area contributed by atoms with Crippen LogP contribution in [0.5, 0.6) is 0 Å². The van der Waals surface area contributed by atoms with Crippen LogP contribution in [0.2, 0.25) is 0 Å². The Morgan fingerprint density at radius 3 is 2.76 bits per heavy atom. The first-order valence-electron chi connectivity index (χ1n) is 6.18. The first-order chi connectivity index (χ1) is 10.0. The van der Waals surface area contributed by atoms with Crippen molar-refractivity contribution in [1.82, 2.24) is 15.5 Å². The molecule has 8 nitrogen and oxygen atoms in total. The van der Waals surface area contributed by atoms with Crippen molar-refractivity contribution in [2.24, 2.45) is 0 Å². The number of rotatable bonds is 5. The molecule has 110 valence electrons. The number of para-hydroxylation sites is 1. The molecular formula is C13H14N4O4. The number of carboxylic acids is 1. The molecule has 0 bridgehead atoms. The number of nitrogens with one attached hydrogen (secondary N) is 2. The maximum absolute atomic E-state index is 11.8. The Balaban J connectivity index is 1.94. The van der Waals surface area contributed by atoms with E-state index in [1.807, 2.05) is 0 Å². The summed E-state index contributed by atoms with van der Waals surface area (Å²) in [5, 5.41) is 17.6. The minimum atomic E-state index is -0.967. The summed E-state index contributed by atoms with van der Waals surface area (Å²) in [6, 6.07) is 6.22. The second-order valence-corrected chi connectivity index (χ2v) is 4.27. The van der Waals surface area contributed by atoms with Crippen molar-refractivity contribution in [2.75, 3.05) is 5.32 Å². The maximum Gasteiger partial charge on any atom is 0.319 e. The van der Waals surface area contributed by atoms with Gasteiger partial charge in [0, 0.05) is 5.69 Å². The van der Waals surface area contributed by atoms with Gasteiger partial charge in [-0.05, 0) is 18.6 Å². The second-order valence-electron chi connectivity index (χ2n) is 4.27. The molecule has 0 unspecified atom stereocenters. The molecular weight excluding hydrogens is 276 g/mol. The third-order valence-electron chi connectivity index (χ3n) is 2.58. The standard InChI is InChI=1S/C13H14N4O4/c1-8-15-11(21-17-8)7-14-13(20)16-10-5-3-2-4-9(10)6-12(18)19/h2-5H,6-7H2,1H3,(H,18,19)(H2,14,16,20). The van der Waals surface area contributed by atoms with Crippen molar-refractivity contribution < 1.29 is 19.2 Å². The number of benzene rings is 1. The van der Waals surface area contributed by atoms with Gasteiger partial charge in [0.2, 0.25) is 5.89 Å². The summed E-state index contributed by atoms with van der Waals surface area (Å²) in [5.74, 6) is -0.188. The van der Waals surface area contributed by atoms with Crippen molar-refractivity contribution >= 4 is 17.7 Å². The number of carbonyl (C=O) groups is 2. The van der Waals surface area contributed by atoms with E-state index in [-0.39, 0.29) is 13.0 Å². The average Bonchev–Trinajstić information content (AvgIpc) is 2.84. The van der Waals surface area contributed by atoms with Crippen LogP contribution in [0.25, 0.3) is 0 Å². The Labute approximate surface area is 120 Å². The van der Waals surface area contributed by atoms with Gasteiger partial charge in [-0.15, -0.1) is 0 Å². The van der Waals surface area contributed by atoms with Gasteiger partial charge >= 0.3 is 12.0 Å². The number of carboxylic acid groups (broad SMARTS) is 1. The number of urea groups is 1. The van der Waals surface area contributed by atoms with Crippen LogP contribution in [0, 0.1) is 6.92 Å². The largest absolute Gasteiger partial charge is 0.481 e. The molecule has 0 aliphatic heterocycles. The highest BCUT2D eigenvalue weighted by Crippen LogP contribution is 2.15. The lowest BCUT2D eigenvalue weighted by Gasteiger charge is -2.09. The van der Waals surface area contributed by atoms with Gasteiger partial charge in [-0.25, -0.2) is 4.79 Å². The lowest BCUT2D eigenvalue weighted by atomic mass is 10.1. The number of aromatic nitrogens is 2. The lowest BCUT2D eigenvalue weighted by Crippen LogP contribution is -2.28. The van der Waals surface area contributed by atoms with E-state index >= 15 is 0 Å². The SMILES string of the molecule is Cc1noc(CNC(=O)Nc2ccccc2CC(=O)O)n1. The summed E-state index contributed by atoms with van der Waals surface area (Å²) < 4.78 is 4.86. The summed E-state index contributed by atoms with van der Waals surface area (Å²) in [4.78, 5) is 26.5. The Hall–Kier alpha value is -2.90. The molecule has 21 heavy (non-hydrogen) atoms. The highest BCUT2D eigenvalue weighted by molar-refractivity contribution is 5.90. The van der Waals surface area contributed by atoms with Crippen LogP contribution >= 0.6 is 0 Å². The molecule has 8 heteroatoms. The molecule has 0 radical (unpaired) electrons. The summed E-state index contributed by atoms with van der Waals surface area (Å²) in [7, 11) is 0. The first-order valence-corrected chi connectivity index (χ1v) is 6.18. The van der Waals surface area contributed by atoms with Gasteiger partial charge < -0.3 is 20.3 Å². The normalized spacial score (nSPS) is 10.1. The van der Waals surface area contributed by atoms with Crippen LogP contribution < -0.4 is 10.6 Å². The Bertz CT molecular complexity index is 653. The van der Waals surface area contributed by atoms with Crippen LogP contribution in [0.1, 0.15) is 17.3 Å². The van der Waals surface area contributed by atoms with Gasteiger partial charge in [-0.2, -0.15) is 4.98 Å². The van der Waals surface area contributed by atoms with E-state index in [9.17, 15) is 9.59 Å². The van der Waals surface area contributed by atoms with Crippen LogP contribution in [0.4, 0.5) is 10.5 Å². The first kappa shape index (κ1) is 14.5. The Morgan fingerprint density at radius 2 is 2.10 bits per heavy atom. The van der Waals surface area contributed by atoms with E-state index in [0.29, 0.717) is 23.0 Å². The third kappa shape index (κ3) is 4.30. The number of amides is 2. The molecule has 0 spiro atoms. The Morgan fingerprint density at radius 1 is 1.33 bits per heavy atom. The van der Waals surface area contributed by atoms with Gasteiger partial charge in [0.05, 0.1) is 13.0 Å². The minimum absolute atomic E-state index is 0.0910.